The molecule has 1 aliphatic carbocycles. The number of urea groups is 1. The van der Waals surface area contributed by atoms with Gasteiger partial charge in [-0.05, 0) is 62.6 Å². The number of amides is 2. The topological polar surface area (TPSA) is 66.4 Å². The summed E-state index contributed by atoms with van der Waals surface area (Å²) < 4.78 is 11.8. The molecular weight excluding hydrogens is 428 g/mol. The Morgan fingerprint density at radius 1 is 1.09 bits per heavy atom. The van der Waals surface area contributed by atoms with Crippen LogP contribution in [-0.2, 0) is 0 Å². The van der Waals surface area contributed by atoms with Crippen molar-refractivity contribution in [2.45, 2.75) is 58.0 Å². The Balaban J connectivity index is 1.40. The number of fused-ring (bicyclic) bond motifs is 2. The zero-order chi connectivity index (χ0) is 23.7. The molecular formula is C27H34N4O3. The van der Waals surface area contributed by atoms with Crippen molar-refractivity contribution in [3.05, 3.63) is 47.5 Å². The third-order valence-electron chi connectivity index (χ3n) is 7.11. The van der Waals surface area contributed by atoms with E-state index in [9.17, 15) is 4.79 Å². The zero-order valence-electron chi connectivity index (χ0n) is 20.3. The lowest BCUT2D eigenvalue weighted by Crippen LogP contribution is -2.58. The Kier molecular flexibility index (Phi) is 6.35. The Morgan fingerprint density at radius 2 is 1.91 bits per heavy atom. The van der Waals surface area contributed by atoms with Crippen molar-refractivity contribution < 1.29 is 14.3 Å². The van der Waals surface area contributed by atoms with Crippen LogP contribution in [0.3, 0.4) is 0 Å². The van der Waals surface area contributed by atoms with Gasteiger partial charge in [0.05, 0.1) is 12.7 Å². The highest BCUT2D eigenvalue weighted by molar-refractivity contribution is 6.04. The van der Waals surface area contributed by atoms with Crippen molar-refractivity contribution in [1.29, 1.82) is 0 Å². The molecule has 5 rings (SSSR count). The molecule has 2 aromatic carbocycles. The number of rotatable bonds is 2. The first-order valence-corrected chi connectivity index (χ1v) is 12.4. The summed E-state index contributed by atoms with van der Waals surface area (Å²) in [6, 6.07) is 12.4. The van der Waals surface area contributed by atoms with Crippen molar-refractivity contribution >= 4 is 17.6 Å². The standard InChI is InChI=1S/C27H34N4O3/c1-18-9-11-23-25(15-18)34-24-12-10-21(33-3)16-22(24)26(29-23)30-13-14-31(19(2)17-30)27(32)28-20-7-5-4-6-8-20/h9-12,15-16,19-20H,4-8,13-14,17H2,1-3H3,(H,28,32)/t19-/m1/s1. The van der Waals surface area contributed by atoms with Gasteiger partial charge in [-0.3, -0.25) is 0 Å². The van der Waals surface area contributed by atoms with E-state index < -0.39 is 0 Å². The minimum Gasteiger partial charge on any atom is -0.497 e. The molecule has 180 valence electrons. The molecule has 1 saturated heterocycles. The normalized spacial score (nSPS) is 20.4. The van der Waals surface area contributed by atoms with Crippen LogP contribution in [0.4, 0.5) is 10.5 Å². The SMILES string of the molecule is COc1ccc2c(c1)C(N1CCN(C(=O)NC3CCCCC3)[C@H](C)C1)=Nc1ccc(C)cc1O2. The maximum absolute atomic E-state index is 13.0. The van der Waals surface area contributed by atoms with Crippen LogP contribution in [0.1, 0.15) is 50.2 Å². The average molecular weight is 463 g/mol. The molecule has 1 N–H and O–H groups in total. The van der Waals surface area contributed by atoms with Crippen molar-refractivity contribution in [1.82, 2.24) is 15.1 Å². The van der Waals surface area contributed by atoms with E-state index in [1.165, 1.54) is 19.3 Å². The van der Waals surface area contributed by atoms with Crippen LogP contribution in [0.15, 0.2) is 41.4 Å². The van der Waals surface area contributed by atoms with Crippen LogP contribution < -0.4 is 14.8 Å². The fraction of sp³-hybridized carbons (Fsp3) is 0.481. The Bertz CT molecular complexity index is 1090. The number of aryl methyl sites for hydroxylation is 1. The van der Waals surface area contributed by atoms with Crippen molar-refractivity contribution in [2.24, 2.45) is 4.99 Å². The molecule has 34 heavy (non-hydrogen) atoms. The lowest BCUT2D eigenvalue weighted by molar-refractivity contribution is 0.130. The molecule has 0 bridgehead atoms. The third-order valence-corrected chi connectivity index (χ3v) is 7.11. The van der Waals surface area contributed by atoms with E-state index in [2.05, 4.69) is 23.2 Å². The van der Waals surface area contributed by atoms with Crippen molar-refractivity contribution in [2.75, 3.05) is 26.7 Å². The molecule has 2 heterocycles. The number of hydrogen-bond donors (Lipinski definition) is 1. The number of benzene rings is 2. The van der Waals surface area contributed by atoms with E-state index >= 15 is 0 Å². The summed E-state index contributed by atoms with van der Waals surface area (Å²) in [6.07, 6.45) is 5.88. The lowest BCUT2D eigenvalue weighted by Gasteiger charge is -2.41. The number of hydrogen-bond acceptors (Lipinski definition) is 5. The van der Waals surface area contributed by atoms with Gasteiger partial charge in [-0.25, -0.2) is 9.79 Å². The van der Waals surface area contributed by atoms with Gasteiger partial charge in [-0.2, -0.15) is 0 Å². The van der Waals surface area contributed by atoms with E-state index in [-0.39, 0.29) is 12.1 Å². The summed E-state index contributed by atoms with van der Waals surface area (Å²) in [4.78, 5) is 22.3. The summed E-state index contributed by atoms with van der Waals surface area (Å²) in [7, 11) is 1.67. The number of aliphatic imine (C=N–C) groups is 1. The summed E-state index contributed by atoms with van der Waals surface area (Å²) in [5, 5.41) is 3.27. The van der Waals surface area contributed by atoms with E-state index in [1.807, 2.05) is 42.2 Å². The predicted octanol–water partition coefficient (Wildman–Crippen LogP) is 5.24. The molecule has 2 aliphatic heterocycles. The number of ether oxygens (including phenoxy) is 2. The second-order valence-electron chi connectivity index (χ2n) is 9.64. The molecule has 0 aromatic heterocycles. The van der Waals surface area contributed by atoms with Crippen molar-refractivity contribution in [3.8, 4) is 17.2 Å². The van der Waals surface area contributed by atoms with Gasteiger partial charge in [0.2, 0.25) is 0 Å². The molecule has 2 amide bonds. The number of carbonyl (C=O) groups is 1. The van der Waals surface area contributed by atoms with E-state index in [4.69, 9.17) is 14.5 Å². The first-order chi connectivity index (χ1) is 16.5. The maximum atomic E-state index is 13.0. The number of nitrogens with one attached hydrogen (secondary N) is 1. The van der Waals surface area contributed by atoms with Gasteiger partial charge >= 0.3 is 6.03 Å². The average Bonchev–Trinajstić information content (AvgIpc) is 3.00. The smallest absolute Gasteiger partial charge is 0.317 e. The highest BCUT2D eigenvalue weighted by Crippen LogP contribution is 2.40. The van der Waals surface area contributed by atoms with Crippen LogP contribution in [0, 0.1) is 6.92 Å². The second kappa shape index (κ2) is 9.57. The van der Waals surface area contributed by atoms with Gasteiger partial charge < -0.3 is 24.6 Å². The molecule has 7 heteroatoms. The molecule has 0 radical (unpaired) electrons. The van der Waals surface area contributed by atoms with Gasteiger partial charge in [-0.1, -0.05) is 25.3 Å². The predicted molar refractivity (Wildman–Crippen MR) is 134 cm³/mol. The number of carbonyl (C=O) groups excluding carboxylic acids is 1. The summed E-state index contributed by atoms with van der Waals surface area (Å²) >= 11 is 0. The highest BCUT2D eigenvalue weighted by atomic mass is 16.5. The largest absolute Gasteiger partial charge is 0.497 e. The molecule has 2 aromatic rings. The van der Waals surface area contributed by atoms with Gasteiger partial charge in [0, 0.05) is 31.7 Å². The molecule has 1 atom stereocenters. The third kappa shape index (κ3) is 4.56. The van der Waals surface area contributed by atoms with Crippen LogP contribution in [0.25, 0.3) is 0 Å². The van der Waals surface area contributed by atoms with Gasteiger partial charge in [-0.15, -0.1) is 0 Å². The minimum absolute atomic E-state index is 0.0630. The van der Waals surface area contributed by atoms with Gasteiger partial charge in [0.15, 0.2) is 5.75 Å². The van der Waals surface area contributed by atoms with Gasteiger partial charge in [0.1, 0.15) is 23.0 Å². The Morgan fingerprint density at radius 3 is 2.68 bits per heavy atom. The minimum atomic E-state index is 0.0630. The first-order valence-electron chi connectivity index (χ1n) is 12.4. The second-order valence-corrected chi connectivity index (χ2v) is 9.64. The van der Waals surface area contributed by atoms with Crippen LogP contribution in [0.5, 0.6) is 17.2 Å². The maximum Gasteiger partial charge on any atom is 0.317 e. The highest BCUT2D eigenvalue weighted by Gasteiger charge is 2.32. The number of methoxy groups -OCH3 is 1. The molecule has 0 spiro atoms. The monoisotopic (exact) mass is 462 g/mol. The van der Waals surface area contributed by atoms with E-state index in [0.29, 0.717) is 25.7 Å². The Labute approximate surface area is 201 Å². The molecule has 2 fully saturated rings. The number of amidine groups is 1. The quantitative estimate of drug-likeness (QED) is 0.663. The van der Waals surface area contributed by atoms with Crippen LogP contribution >= 0.6 is 0 Å². The molecule has 1 saturated carbocycles. The molecule has 7 nitrogen and oxygen atoms in total. The fourth-order valence-corrected chi connectivity index (χ4v) is 5.19. The van der Waals surface area contributed by atoms with Crippen LogP contribution in [0.2, 0.25) is 0 Å². The summed E-state index contributed by atoms with van der Waals surface area (Å²) in [5.41, 5.74) is 2.83. The molecule has 3 aliphatic rings. The number of piperazine rings is 1. The van der Waals surface area contributed by atoms with E-state index in [0.717, 1.165) is 52.7 Å². The first kappa shape index (κ1) is 22.6. The van der Waals surface area contributed by atoms with Crippen LogP contribution in [-0.4, -0.2) is 60.5 Å². The summed E-state index contributed by atoms with van der Waals surface area (Å²) in [5.74, 6) is 3.13. The lowest BCUT2D eigenvalue weighted by atomic mass is 9.96. The van der Waals surface area contributed by atoms with Gasteiger partial charge in [0.25, 0.3) is 0 Å². The fourth-order valence-electron chi connectivity index (χ4n) is 5.19. The van der Waals surface area contributed by atoms with E-state index in [1.54, 1.807) is 7.11 Å². The molecule has 0 unspecified atom stereocenters. The Hall–Kier alpha value is -3.22. The number of nitrogens with zero attached hydrogens (tertiary/aromatic N) is 3. The van der Waals surface area contributed by atoms with Crippen molar-refractivity contribution in [3.63, 3.8) is 0 Å². The summed E-state index contributed by atoms with van der Waals surface area (Å²) in [6.45, 7) is 6.23. The zero-order valence-corrected chi connectivity index (χ0v) is 20.3.